The second-order valence-corrected chi connectivity index (χ2v) is 9.82. The van der Waals surface area contributed by atoms with Gasteiger partial charge in [-0.2, -0.15) is 31.4 Å². The van der Waals surface area contributed by atoms with E-state index in [0.717, 1.165) is 48.4 Å². The lowest BCUT2D eigenvalue weighted by molar-refractivity contribution is -0.193. The van der Waals surface area contributed by atoms with Crippen LogP contribution in [0.5, 0.6) is 11.5 Å². The number of hydrogen-bond acceptors (Lipinski definition) is 7. The van der Waals surface area contributed by atoms with E-state index < -0.39 is 24.3 Å². The normalized spacial score (nSPS) is 13.7. The van der Waals surface area contributed by atoms with Gasteiger partial charge in [-0.3, -0.25) is 9.89 Å². The van der Waals surface area contributed by atoms with E-state index in [1.165, 1.54) is 0 Å². The average Bonchev–Trinajstić information content (AvgIpc) is 3.53. The Labute approximate surface area is 259 Å². The highest BCUT2D eigenvalue weighted by atomic mass is 19.4. The molecule has 46 heavy (non-hydrogen) atoms. The molecule has 1 aliphatic heterocycles. The number of carbonyl (C=O) groups is 3. The van der Waals surface area contributed by atoms with Crippen LogP contribution in [0.15, 0.2) is 54.9 Å². The van der Waals surface area contributed by atoms with Crippen molar-refractivity contribution in [1.29, 1.82) is 0 Å². The molecule has 3 aromatic rings. The van der Waals surface area contributed by atoms with Gasteiger partial charge in [0.1, 0.15) is 17.6 Å². The third-order valence-electron chi connectivity index (χ3n) is 6.31. The zero-order chi connectivity index (χ0) is 34.5. The number of benzene rings is 2. The maximum atomic E-state index is 12.7. The van der Waals surface area contributed by atoms with Gasteiger partial charge in [0, 0.05) is 31.3 Å². The smallest absolute Gasteiger partial charge is 0.490 e. The first-order valence-corrected chi connectivity index (χ1v) is 13.5. The molecule has 2 aromatic carbocycles. The van der Waals surface area contributed by atoms with E-state index in [-0.39, 0.29) is 12.0 Å². The molecule has 252 valence electrons. The molecule has 0 unspecified atom stereocenters. The number of halogens is 6. The number of nitrogens with zero attached hydrogens (tertiary/aromatic N) is 2. The third-order valence-corrected chi connectivity index (χ3v) is 6.31. The van der Waals surface area contributed by atoms with Crippen LogP contribution in [-0.4, -0.2) is 88.9 Å². The van der Waals surface area contributed by atoms with Crippen LogP contribution >= 0.6 is 0 Å². The number of carbonyl (C=O) groups excluding carboxylic acids is 1. The van der Waals surface area contributed by atoms with Gasteiger partial charge in [-0.15, -0.1) is 0 Å². The molecular weight excluding hydrogens is 630 g/mol. The van der Waals surface area contributed by atoms with E-state index in [0.29, 0.717) is 24.3 Å². The van der Waals surface area contributed by atoms with Crippen LogP contribution in [0.2, 0.25) is 0 Å². The maximum absolute atomic E-state index is 12.7. The van der Waals surface area contributed by atoms with Gasteiger partial charge in [0.25, 0.3) is 0 Å². The number of H-pyrrole nitrogens is 1. The van der Waals surface area contributed by atoms with E-state index in [2.05, 4.69) is 27.5 Å². The highest BCUT2D eigenvalue weighted by Gasteiger charge is 2.38. The summed E-state index contributed by atoms with van der Waals surface area (Å²) in [5, 5.41) is 24.2. The minimum atomic E-state index is -5.08. The first-order chi connectivity index (χ1) is 21.5. The lowest BCUT2D eigenvalue weighted by Crippen LogP contribution is -2.35. The van der Waals surface area contributed by atoms with Gasteiger partial charge in [-0.05, 0) is 61.7 Å². The van der Waals surface area contributed by atoms with Gasteiger partial charge in [0.05, 0.1) is 19.0 Å². The summed E-state index contributed by atoms with van der Waals surface area (Å²) in [6.07, 6.45) is -3.45. The van der Waals surface area contributed by atoms with Crippen molar-refractivity contribution in [3.05, 3.63) is 60.4 Å². The lowest BCUT2D eigenvalue weighted by atomic mass is 10.1. The molecule has 0 spiro atoms. The van der Waals surface area contributed by atoms with Gasteiger partial charge in [-0.1, -0.05) is 18.2 Å². The highest BCUT2D eigenvalue weighted by Crippen LogP contribution is 2.33. The van der Waals surface area contributed by atoms with Crippen molar-refractivity contribution in [1.82, 2.24) is 15.1 Å². The Kier molecular flexibility index (Phi) is 13.9. The van der Waals surface area contributed by atoms with Gasteiger partial charge < -0.3 is 29.9 Å². The number of aliphatic carboxylic acids is 2. The van der Waals surface area contributed by atoms with Gasteiger partial charge in [0.2, 0.25) is 5.91 Å². The van der Waals surface area contributed by atoms with Crippen LogP contribution in [0.1, 0.15) is 24.8 Å². The average molecular weight is 663 g/mol. The van der Waals surface area contributed by atoms with Crippen molar-refractivity contribution in [3.8, 4) is 22.6 Å². The number of nitrogens with one attached hydrogen (secondary N) is 2. The Morgan fingerprint density at radius 1 is 0.978 bits per heavy atom. The fourth-order valence-corrected chi connectivity index (χ4v) is 3.89. The summed E-state index contributed by atoms with van der Waals surface area (Å²) in [4.78, 5) is 32.8. The Balaban J connectivity index is 0.000000440. The molecule has 1 aliphatic rings. The number of ether oxygens (including phenoxy) is 2. The Bertz CT molecular complexity index is 1400. The van der Waals surface area contributed by atoms with Crippen molar-refractivity contribution in [3.63, 3.8) is 0 Å². The molecule has 1 fully saturated rings. The second kappa shape index (κ2) is 17.0. The number of piperidine rings is 1. The molecule has 0 aliphatic carbocycles. The molecule has 11 nitrogen and oxygen atoms in total. The number of hydrogen-bond donors (Lipinski definition) is 4. The summed E-state index contributed by atoms with van der Waals surface area (Å²) >= 11 is 0. The zero-order valence-corrected chi connectivity index (χ0v) is 24.6. The number of aryl methyl sites for hydroxylation is 1. The van der Waals surface area contributed by atoms with Gasteiger partial charge in [0.15, 0.2) is 0 Å². The third kappa shape index (κ3) is 13.1. The summed E-state index contributed by atoms with van der Waals surface area (Å²) in [6, 6.07) is 13.7. The number of anilines is 1. The minimum Gasteiger partial charge on any atom is -0.497 e. The minimum absolute atomic E-state index is 0.0443. The summed E-state index contributed by atoms with van der Waals surface area (Å²) in [7, 11) is 3.77. The monoisotopic (exact) mass is 662 g/mol. The van der Waals surface area contributed by atoms with Crippen LogP contribution in [0.25, 0.3) is 11.1 Å². The molecule has 1 aromatic heterocycles. The second-order valence-electron chi connectivity index (χ2n) is 9.82. The topological polar surface area (TPSA) is 154 Å². The van der Waals surface area contributed by atoms with E-state index in [1.54, 1.807) is 13.3 Å². The van der Waals surface area contributed by atoms with E-state index in [4.69, 9.17) is 29.3 Å². The van der Waals surface area contributed by atoms with E-state index in [9.17, 15) is 31.1 Å². The quantitative estimate of drug-likeness (QED) is 0.232. The van der Waals surface area contributed by atoms with Crippen molar-refractivity contribution < 1.29 is 60.4 Å². The van der Waals surface area contributed by atoms with Crippen LogP contribution in [-0.2, 0) is 20.8 Å². The van der Waals surface area contributed by atoms with E-state index in [1.807, 2.05) is 48.7 Å². The van der Waals surface area contributed by atoms with E-state index >= 15 is 0 Å². The molecule has 1 saturated heterocycles. The zero-order valence-electron chi connectivity index (χ0n) is 24.6. The van der Waals surface area contributed by atoms with Crippen LogP contribution in [0.4, 0.5) is 32.0 Å². The standard InChI is InChI=1S/C25H30N4O3.2C2HF3O2/c1-29-12-10-21(11-13-29)32-24-15-19(20-16-26-27-17-20)7-8-23(24)28-25(30)9-6-18-4-3-5-22(14-18)31-2;2*3-2(4,5)1(6)7/h3-5,7-8,14-17,21H,6,9-13H2,1-2H3,(H,26,27)(H,28,30);2*(H,6,7). The molecule has 0 radical (unpaired) electrons. The number of alkyl halides is 6. The Morgan fingerprint density at radius 3 is 2.11 bits per heavy atom. The van der Waals surface area contributed by atoms with Crippen LogP contribution in [0.3, 0.4) is 0 Å². The molecule has 17 heteroatoms. The van der Waals surface area contributed by atoms with Crippen LogP contribution in [0, 0.1) is 0 Å². The van der Waals surface area contributed by atoms with Gasteiger partial charge in [-0.25, -0.2) is 9.59 Å². The number of aromatic amines is 1. The number of carboxylic acids is 2. The van der Waals surface area contributed by atoms with Crippen molar-refractivity contribution in [2.75, 3.05) is 32.6 Å². The van der Waals surface area contributed by atoms with Gasteiger partial charge >= 0.3 is 24.3 Å². The molecule has 2 heterocycles. The SMILES string of the molecule is COc1cccc(CCC(=O)Nc2ccc(-c3cn[nH]c3)cc2OC2CCN(C)CC2)c1.O=C(O)C(F)(F)F.O=C(O)C(F)(F)F. The summed E-state index contributed by atoms with van der Waals surface area (Å²) < 4.78 is 75.1. The molecule has 4 N–H and O–H groups in total. The maximum Gasteiger partial charge on any atom is 0.490 e. The molecule has 0 bridgehead atoms. The molecule has 0 saturated carbocycles. The first-order valence-electron chi connectivity index (χ1n) is 13.5. The molecule has 4 rings (SSSR count). The fourth-order valence-electron chi connectivity index (χ4n) is 3.89. The highest BCUT2D eigenvalue weighted by molar-refractivity contribution is 5.93. The number of methoxy groups -OCH3 is 1. The summed E-state index contributed by atoms with van der Waals surface area (Å²) in [6.45, 7) is 2.02. The fraction of sp³-hybridized carbons (Fsp3) is 0.379. The van der Waals surface area contributed by atoms with Crippen molar-refractivity contribution in [2.45, 2.75) is 44.1 Å². The molecule has 1 amide bonds. The predicted octanol–water partition coefficient (Wildman–Crippen LogP) is 5.40. The van der Waals surface area contributed by atoms with Crippen molar-refractivity contribution in [2.24, 2.45) is 0 Å². The number of likely N-dealkylation sites (tertiary alicyclic amines) is 1. The summed E-state index contributed by atoms with van der Waals surface area (Å²) in [5.41, 5.74) is 3.75. The molecular formula is C29H32F6N4O7. The Hall–Kier alpha value is -4.80. The number of carboxylic acid groups (broad SMARTS) is 2. The lowest BCUT2D eigenvalue weighted by Gasteiger charge is -2.30. The van der Waals surface area contributed by atoms with Crippen molar-refractivity contribution >= 4 is 23.5 Å². The predicted molar refractivity (Wildman–Crippen MR) is 152 cm³/mol. The number of amides is 1. The molecule has 0 atom stereocenters. The number of rotatable bonds is 8. The Morgan fingerprint density at radius 2 is 1.59 bits per heavy atom. The largest absolute Gasteiger partial charge is 0.497 e. The summed E-state index contributed by atoms with van der Waals surface area (Å²) in [5.74, 6) is -4.06. The van der Waals surface area contributed by atoms with Crippen LogP contribution < -0.4 is 14.8 Å². The number of aromatic nitrogens is 2. The first kappa shape index (κ1) is 37.4.